The summed E-state index contributed by atoms with van der Waals surface area (Å²) in [6.07, 6.45) is -1.75. The number of benzene rings is 1. The molecule has 6 heteroatoms. The number of anilines is 1. The predicted molar refractivity (Wildman–Crippen MR) is 69.1 cm³/mol. The van der Waals surface area contributed by atoms with Crippen molar-refractivity contribution in [3.8, 4) is 0 Å². The minimum Gasteiger partial charge on any atom is -0.467 e. The van der Waals surface area contributed by atoms with Gasteiger partial charge in [-0.05, 0) is 5.39 Å². The van der Waals surface area contributed by atoms with E-state index in [4.69, 9.17) is 5.73 Å². The third-order valence-electron chi connectivity index (χ3n) is 2.92. The lowest BCUT2D eigenvalue weighted by Crippen LogP contribution is -2.29. The number of carbonyl (C=O) groups is 1. The Morgan fingerprint density at radius 3 is 2.58 bits per heavy atom. The van der Waals surface area contributed by atoms with Gasteiger partial charge in [-0.3, -0.25) is 0 Å². The maximum Gasteiger partial charge on any atom is 0.337 e. The molecule has 2 unspecified atom stereocenters. The zero-order valence-electron chi connectivity index (χ0n) is 10.3. The first-order chi connectivity index (χ1) is 9.06. The third kappa shape index (κ3) is 2.35. The first kappa shape index (κ1) is 13.3. The minimum absolute atomic E-state index is 0.319. The standard InChI is InChI=1S/C13H14N2O4/c1-19-13(18)11(17)10(16)9-6-15-12(14)8-5-3-2-4-7(8)9/h2-6,10-11,16-17H,1H3,(H2,14,15). The molecule has 6 nitrogen and oxygen atoms in total. The molecule has 1 aromatic heterocycles. The van der Waals surface area contributed by atoms with Crippen LogP contribution in [0, 0.1) is 0 Å². The normalized spacial score (nSPS) is 14.1. The fourth-order valence-electron chi connectivity index (χ4n) is 1.89. The van der Waals surface area contributed by atoms with Gasteiger partial charge in [0.25, 0.3) is 0 Å². The van der Waals surface area contributed by atoms with Crippen molar-refractivity contribution >= 4 is 22.6 Å². The molecular formula is C13H14N2O4. The maximum absolute atomic E-state index is 11.3. The van der Waals surface area contributed by atoms with Gasteiger partial charge in [-0.15, -0.1) is 0 Å². The van der Waals surface area contributed by atoms with Gasteiger partial charge < -0.3 is 20.7 Å². The molecule has 2 atom stereocenters. The summed E-state index contributed by atoms with van der Waals surface area (Å²) >= 11 is 0. The van der Waals surface area contributed by atoms with Crippen LogP contribution in [0.1, 0.15) is 11.7 Å². The van der Waals surface area contributed by atoms with Crippen LogP contribution in [-0.2, 0) is 9.53 Å². The Balaban J connectivity index is 2.51. The van der Waals surface area contributed by atoms with Gasteiger partial charge >= 0.3 is 5.97 Å². The van der Waals surface area contributed by atoms with Crippen molar-refractivity contribution in [2.75, 3.05) is 12.8 Å². The first-order valence-electron chi connectivity index (χ1n) is 5.63. The van der Waals surface area contributed by atoms with Gasteiger partial charge in [-0.1, -0.05) is 24.3 Å². The Morgan fingerprint density at radius 1 is 1.32 bits per heavy atom. The number of aromatic nitrogens is 1. The van der Waals surface area contributed by atoms with E-state index in [0.29, 0.717) is 22.2 Å². The number of ether oxygens (including phenoxy) is 1. The van der Waals surface area contributed by atoms with Crippen LogP contribution in [0.3, 0.4) is 0 Å². The van der Waals surface area contributed by atoms with Gasteiger partial charge in [0.15, 0.2) is 6.10 Å². The number of methoxy groups -OCH3 is 1. The number of pyridine rings is 1. The molecule has 0 fully saturated rings. The molecule has 2 aromatic rings. The fraction of sp³-hybridized carbons (Fsp3) is 0.231. The molecule has 0 saturated carbocycles. The number of aliphatic hydroxyl groups excluding tert-OH is 2. The van der Waals surface area contributed by atoms with Crippen LogP contribution in [0.2, 0.25) is 0 Å². The fourth-order valence-corrected chi connectivity index (χ4v) is 1.89. The van der Waals surface area contributed by atoms with Crippen LogP contribution in [0.25, 0.3) is 10.8 Å². The van der Waals surface area contributed by atoms with Crippen molar-refractivity contribution in [1.82, 2.24) is 4.98 Å². The van der Waals surface area contributed by atoms with Crippen molar-refractivity contribution in [2.45, 2.75) is 12.2 Å². The van der Waals surface area contributed by atoms with Gasteiger partial charge in [0.05, 0.1) is 7.11 Å². The van der Waals surface area contributed by atoms with Gasteiger partial charge in [0.1, 0.15) is 11.9 Å². The second-order valence-corrected chi connectivity index (χ2v) is 4.06. The van der Waals surface area contributed by atoms with Crippen molar-refractivity contribution in [1.29, 1.82) is 0 Å². The van der Waals surface area contributed by atoms with Crippen LogP contribution in [0.5, 0.6) is 0 Å². The molecule has 2 rings (SSSR count). The number of carbonyl (C=O) groups excluding carboxylic acids is 1. The summed E-state index contributed by atoms with van der Waals surface area (Å²) < 4.78 is 4.40. The highest BCUT2D eigenvalue weighted by atomic mass is 16.5. The van der Waals surface area contributed by atoms with E-state index in [9.17, 15) is 15.0 Å². The SMILES string of the molecule is COC(=O)C(O)C(O)c1cnc(N)c2ccccc12. The average molecular weight is 262 g/mol. The lowest BCUT2D eigenvalue weighted by atomic mass is 9.99. The molecule has 0 aliphatic carbocycles. The van der Waals surface area contributed by atoms with E-state index in [2.05, 4.69) is 9.72 Å². The number of fused-ring (bicyclic) bond motifs is 1. The lowest BCUT2D eigenvalue weighted by molar-refractivity contribution is -0.156. The number of hydrogen-bond donors (Lipinski definition) is 3. The topological polar surface area (TPSA) is 106 Å². The number of rotatable bonds is 3. The molecule has 0 aliphatic rings. The molecule has 0 radical (unpaired) electrons. The molecule has 0 spiro atoms. The zero-order valence-corrected chi connectivity index (χ0v) is 10.3. The van der Waals surface area contributed by atoms with Crippen molar-refractivity contribution < 1.29 is 19.7 Å². The molecular weight excluding hydrogens is 248 g/mol. The average Bonchev–Trinajstić information content (AvgIpc) is 2.45. The summed E-state index contributed by atoms with van der Waals surface area (Å²) in [6.45, 7) is 0. The summed E-state index contributed by atoms with van der Waals surface area (Å²) in [5, 5.41) is 21.0. The first-order valence-corrected chi connectivity index (χ1v) is 5.63. The molecule has 0 saturated heterocycles. The molecule has 4 N–H and O–H groups in total. The number of esters is 1. The summed E-state index contributed by atoms with van der Waals surface area (Å²) in [5.74, 6) is -0.590. The van der Waals surface area contributed by atoms with E-state index in [0.717, 1.165) is 7.11 Å². The molecule has 0 aliphatic heterocycles. The molecule has 100 valence electrons. The quantitative estimate of drug-likeness (QED) is 0.691. The number of nitrogen functional groups attached to an aromatic ring is 1. The Morgan fingerprint density at radius 2 is 1.95 bits per heavy atom. The largest absolute Gasteiger partial charge is 0.467 e. The summed E-state index contributed by atoms with van der Waals surface area (Å²) in [6, 6.07) is 7.03. The number of hydrogen-bond acceptors (Lipinski definition) is 6. The maximum atomic E-state index is 11.3. The van der Waals surface area contributed by atoms with Crippen molar-refractivity contribution in [3.05, 3.63) is 36.0 Å². The van der Waals surface area contributed by atoms with Crippen molar-refractivity contribution in [3.63, 3.8) is 0 Å². The van der Waals surface area contributed by atoms with Gasteiger partial charge in [0.2, 0.25) is 0 Å². The Labute approximate surface area is 109 Å². The molecule has 1 aromatic carbocycles. The van der Waals surface area contributed by atoms with Gasteiger partial charge in [-0.25, -0.2) is 9.78 Å². The highest BCUT2D eigenvalue weighted by Crippen LogP contribution is 2.28. The number of aliphatic hydroxyl groups is 2. The smallest absolute Gasteiger partial charge is 0.337 e. The molecule has 1 heterocycles. The highest BCUT2D eigenvalue weighted by molar-refractivity contribution is 5.93. The summed E-state index contributed by atoms with van der Waals surface area (Å²) in [5.41, 5.74) is 6.06. The number of nitrogens with two attached hydrogens (primary N) is 1. The van der Waals surface area contributed by atoms with Crippen molar-refractivity contribution in [2.24, 2.45) is 0 Å². The summed E-state index contributed by atoms with van der Waals surface area (Å²) in [4.78, 5) is 15.2. The van der Waals surface area contributed by atoms with Crippen LogP contribution in [0.4, 0.5) is 5.82 Å². The van der Waals surface area contributed by atoms with Crippen LogP contribution < -0.4 is 5.73 Å². The highest BCUT2D eigenvalue weighted by Gasteiger charge is 2.28. The number of nitrogens with zero attached hydrogens (tertiary/aromatic N) is 1. The Hall–Kier alpha value is -2.18. The van der Waals surface area contributed by atoms with E-state index in [1.807, 2.05) is 0 Å². The molecule has 0 amide bonds. The molecule has 19 heavy (non-hydrogen) atoms. The monoisotopic (exact) mass is 262 g/mol. The van der Waals surface area contributed by atoms with E-state index in [1.165, 1.54) is 6.20 Å². The second-order valence-electron chi connectivity index (χ2n) is 4.06. The van der Waals surface area contributed by atoms with Gasteiger partial charge in [-0.2, -0.15) is 0 Å². The second kappa shape index (κ2) is 5.21. The van der Waals surface area contributed by atoms with E-state index in [1.54, 1.807) is 24.3 Å². The van der Waals surface area contributed by atoms with E-state index >= 15 is 0 Å². The van der Waals surface area contributed by atoms with Crippen LogP contribution in [-0.4, -0.2) is 34.4 Å². The molecule has 0 bridgehead atoms. The van der Waals surface area contributed by atoms with E-state index in [-0.39, 0.29) is 0 Å². The summed E-state index contributed by atoms with van der Waals surface area (Å²) in [7, 11) is 1.14. The van der Waals surface area contributed by atoms with E-state index < -0.39 is 18.2 Å². The lowest BCUT2D eigenvalue weighted by Gasteiger charge is -2.17. The Bertz CT molecular complexity index is 615. The van der Waals surface area contributed by atoms with Crippen LogP contribution in [0.15, 0.2) is 30.5 Å². The van der Waals surface area contributed by atoms with Gasteiger partial charge in [0, 0.05) is 17.1 Å². The zero-order chi connectivity index (χ0) is 14.0. The third-order valence-corrected chi connectivity index (χ3v) is 2.92. The minimum atomic E-state index is -1.67. The predicted octanol–water partition coefficient (Wildman–Crippen LogP) is 0.384. The Kier molecular flexibility index (Phi) is 3.64. The van der Waals surface area contributed by atoms with Crippen LogP contribution >= 0.6 is 0 Å².